The lowest BCUT2D eigenvalue weighted by Gasteiger charge is -2.33. The minimum absolute atomic E-state index is 0.0993. The molecule has 0 aromatic heterocycles. The summed E-state index contributed by atoms with van der Waals surface area (Å²) in [5, 5.41) is 0. The van der Waals surface area contributed by atoms with Gasteiger partial charge in [-0.3, -0.25) is 0 Å². The fourth-order valence-corrected chi connectivity index (χ4v) is 2.50. The summed E-state index contributed by atoms with van der Waals surface area (Å²) >= 11 is 0. The summed E-state index contributed by atoms with van der Waals surface area (Å²) < 4.78 is 42.0. The summed E-state index contributed by atoms with van der Waals surface area (Å²) in [5.74, 6) is 0.499. The largest absolute Gasteiger partial charge is 0.491 e. The fourth-order valence-electron chi connectivity index (χ4n) is 2.50. The molecule has 118 valence electrons. The molecule has 1 aromatic carbocycles. The zero-order valence-electron chi connectivity index (χ0n) is 12.1. The lowest BCUT2D eigenvalue weighted by atomic mass is 10.0. The van der Waals surface area contributed by atoms with Crippen LogP contribution in [0, 0.1) is 6.92 Å². The van der Waals surface area contributed by atoms with Gasteiger partial charge in [-0.1, -0.05) is 6.07 Å². The molecule has 0 bridgehead atoms. The van der Waals surface area contributed by atoms with Crippen molar-refractivity contribution in [1.29, 1.82) is 0 Å². The van der Waals surface area contributed by atoms with E-state index in [-0.39, 0.29) is 12.6 Å². The average Bonchev–Trinajstić information content (AvgIpc) is 2.39. The van der Waals surface area contributed by atoms with Crippen molar-refractivity contribution in [3.8, 4) is 5.75 Å². The molecule has 1 saturated heterocycles. The Kier molecular flexibility index (Phi) is 4.98. The predicted octanol–water partition coefficient (Wildman–Crippen LogP) is 3.25. The van der Waals surface area contributed by atoms with Gasteiger partial charge in [-0.05, 0) is 37.5 Å². The van der Waals surface area contributed by atoms with Crippen LogP contribution in [0.3, 0.4) is 0 Å². The summed E-state index contributed by atoms with van der Waals surface area (Å²) in [6, 6.07) is 5.63. The van der Waals surface area contributed by atoms with E-state index in [0.717, 1.165) is 30.6 Å². The maximum atomic E-state index is 12.2. The minimum Gasteiger partial charge on any atom is -0.491 e. The molecule has 3 nitrogen and oxygen atoms in total. The highest BCUT2D eigenvalue weighted by Crippen LogP contribution is 2.32. The van der Waals surface area contributed by atoms with Crippen LogP contribution in [0.1, 0.15) is 24.8 Å². The number of piperidine rings is 1. The molecule has 2 rings (SSSR count). The van der Waals surface area contributed by atoms with Gasteiger partial charge in [0.15, 0.2) is 0 Å². The van der Waals surface area contributed by atoms with Crippen molar-refractivity contribution < 1.29 is 17.9 Å². The first-order valence-electron chi connectivity index (χ1n) is 7.16. The molecule has 21 heavy (non-hydrogen) atoms. The van der Waals surface area contributed by atoms with Gasteiger partial charge in [0.25, 0.3) is 0 Å². The molecule has 2 N–H and O–H groups in total. The van der Waals surface area contributed by atoms with Crippen molar-refractivity contribution in [2.24, 2.45) is 5.73 Å². The molecule has 0 radical (unpaired) electrons. The normalized spacial score (nSPS) is 19.7. The Balaban J connectivity index is 2.09. The third-order valence-electron chi connectivity index (χ3n) is 3.56. The Morgan fingerprint density at radius 1 is 1.38 bits per heavy atom. The molecule has 1 heterocycles. The van der Waals surface area contributed by atoms with E-state index in [1.807, 2.05) is 19.1 Å². The average molecular weight is 302 g/mol. The number of hydrogen-bond donors (Lipinski definition) is 1. The van der Waals surface area contributed by atoms with Crippen LogP contribution in [0.15, 0.2) is 18.2 Å². The maximum Gasteiger partial charge on any atom is 0.392 e. The first-order valence-corrected chi connectivity index (χ1v) is 7.16. The highest BCUT2D eigenvalue weighted by atomic mass is 19.4. The summed E-state index contributed by atoms with van der Waals surface area (Å²) in [6.45, 7) is 3.15. The summed E-state index contributed by atoms with van der Waals surface area (Å²) in [6.07, 6.45) is -3.18. The number of nitrogens with two attached hydrogens (primary N) is 1. The molecule has 1 aliphatic heterocycles. The Morgan fingerprint density at radius 3 is 2.81 bits per heavy atom. The third-order valence-corrected chi connectivity index (χ3v) is 3.56. The first-order chi connectivity index (χ1) is 9.85. The molecule has 1 aliphatic rings. The smallest absolute Gasteiger partial charge is 0.392 e. The van der Waals surface area contributed by atoms with Crippen molar-refractivity contribution in [2.45, 2.75) is 38.4 Å². The molecule has 1 aromatic rings. The number of aryl methyl sites for hydroxylation is 1. The third kappa shape index (κ3) is 4.81. The molecule has 0 amide bonds. The SMILES string of the molecule is Cc1ccc(OCCC(F)(F)F)c(N2CCCC(N)C2)c1. The molecule has 1 atom stereocenters. The van der Waals surface area contributed by atoms with Crippen LogP contribution < -0.4 is 15.4 Å². The molecule has 0 saturated carbocycles. The first kappa shape index (κ1) is 15.9. The number of alkyl halides is 3. The molecule has 1 unspecified atom stereocenters. The zero-order chi connectivity index (χ0) is 15.5. The van der Waals surface area contributed by atoms with Gasteiger partial charge >= 0.3 is 6.18 Å². The van der Waals surface area contributed by atoms with Crippen molar-refractivity contribution in [3.63, 3.8) is 0 Å². The minimum atomic E-state index is -4.20. The van der Waals surface area contributed by atoms with E-state index < -0.39 is 12.6 Å². The second-order valence-electron chi connectivity index (χ2n) is 5.53. The highest BCUT2D eigenvalue weighted by Gasteiger charge is 2.27. The monoisotopic (exact) mass is 302 g/mol. The van der Waals surface area contributed by atoms with Gasteiger partial charge in [0, 0.05) is 19.1 Å². The van der Waals surface area contributed by atoms with Crippen LogP contribution in [0.5, 0.6) is 5.75 Å². The Hall–Kier alpha value is -1.43. The summed E-state index contributed by atoms with van der Waals surface area (Å²) in [5.41, 5.74) is 7.87. The van der Waals surface area contributed by atoms with E-state index in [9.17, 15) is 13.2 Å². The van der Waals surface area contributed by atoms with E-state index >= 15 is 0 Å². The number of rotatable bonds is 4. The summed E-state index contributed by atoms with van der Waals surface area (Å²) in [4.78, 5) is 2.10. The van der Waals surface area contributed by atoms with Crippen LogP contribution >= 0.6 is 0 Å². The van der Waals surface area contributed by atoms with Crippen molar-refractivity contribution in [2.75, 3.05) is 24.6 Å². The second-order valence-corrected chi connectivity index (χ2v) is 5.53. The van der Waals surface area contributed by atoms with Crippen molar-refractivity contribution >= 4 is 5.69 Å². The molecule has 0 spiro atoms. The van der Waals surface area contributed by atoms with Gasteiger partial charge in [-0.25, -0.2) is 0 Å². The van der Waals surface area contributed by atoms with Gasteiger partial charge in [0.2, 0.25) is 0 Å². The van der Waals surface area contributed by atoms with E-state index in [1.54, 1.807) is 6.07 Å². The van der Waals surface area contributed by atoms with E-state index in [2.05, 4.69) is 4.90 Å². The Bertz CT molecular complexity index is 476. The lowest BCUT2D eigenvalue weighted by molar-refractivity contribution is -0.139. The predicted molar refractivity (Wildman–Crippen MR) is 76.8 cm³/mol. The van der Waals surface area contributed by atoms with Crippen LogP contribution in [0.25, 0.3) is 0 Å². The highest BCUT2D eigenvalue weighted by molar-refractivity contribution is 5.60. The van der Waals surface area contributed by atoms with E-state index in [4.69, 9.17) is 10.5 Å². The fraction of sp³-hybridized carbons (Fsp3) is 0.600. The van der Waals surface area contributed by atoms with Gasteiger partial charge in [-0.15, -0.1) is 0 Å². The topological polar surface area (TPSA) is 38.5 Å². The standard InChI is InChI=1S/C15H21F3N2O/c1-11-4-5-14(21-8-6-15(16,17)18)13(9-11)20-7-2-3-12(19)10-20/h4-5,9,12H,2-3,6-8,10,19H2,1H3. The van der Waals surface area contributed by atoms with Gasteiger partial charge < -0.3 is 15.4 Å². The number of benzene rings is 1. The maximum absolute atomic E-state index is 12.2. The van der Waals surface area contributed by atoms with Crippen molar-refractivity contribution in [1.82, 2.24) is 0 Å². The quantitative estimate of drug-likeness (QED) is 0.928. The van der Waals surface area contributed by atoms with Crippen LogP contribution in [0.4, 0.5) is 18.9 Å². The summed E-state index contributed by atoms with van der Waals surface area (Å²) in [7, 11) is 0. The zero-order valence-corrected chi connectivity index (χ0v) is 12.1. The second kappa shape index (κ2) is 6.56. The van der Waals surface area contributed by atoms with Gasteiger partial charge in [0.05, 0.1) is 18.7 Å². The number of halogens is 3. The number of hydrogen-bond acceptors (Lipinski definition) is 3. The number of anilines is 1. The molecular formula is C15H21F3N2O. The van der Waals surface area contributed by atoms with Crippen LogP contribution in [-0.2, 0) is 0 Å². The number of nitrogens with zero attached hydrogens (tertiary/aromatic N) is 1. The van der Waals surface area contributed by atoms with Gasteiger partial charge in [0.1, 0.15) is 5.75 Å². The molecule has 1 fully saturated rings. The lowest BCUT2D eigenvalue weighted by Crippen LogP contribution is -2.43. The van der Waals surface area contributed by atoms with Crippen LogP contribution in [0.2, 0.25) is 0 Å². The van der Waals surface area contributed by atoms with E-state index in [0.29, 0.717) is 12.3 Å². The molecular weight excluding hydrogens is 281 g/mol. The Morgan fingerprint density at radius 2 is 2.14 bits per heavy atom. The molecule has 6 heteroatoms. The molecule has 0 aliphatic carbocycles. The van der Waals surface area contributed by atoms with Crippen LogP contribution in [-0.4, -0.2) is 31.9 Å². The van der Waals surface area contributed by atoms with E-state index in [1.165, 1.54) is 0 Å². The van der Waals surface area contributed by atoms with Crippen molar-refractivity contribution in [3.05, 3.63) is 23.8 Å². The van der Waals surface area contributed by atoms with Gasteiger partial charge in [-0.2, -0.15) is 13.2 Å². The number of ether oxygens (including phenoxy) is 1. The Labute approximate surface area is 122 Å².